The van der Waals surface area contributed by atoms with Gasteiger partial charge in [0.05, 0.1) is 23.8 Å². The van der Waals surface area contributed by atoms with E-state index in [0.717, 1.165) is 0 Å². The van der Waals surface area contributed by atoms with E-state index in [-0.39, 0.29) is 17.5 Å². The average Bonchev–Trinajstić information content (AvgIpc) is 2.56. The summed E-state index contributed by atoms with van der Waals surface area (Å²) in [6, 6.07) is 4.73. The second-order valence-electron chi connectivity index (χ2n) is 3.56. The van der Waals surface area contributed by atoms with Crippen molar-refractivity contribution in [1.29, 1.82) is 0 Å². The van der Waals surface area contributed by atoms with E-state index in [9.17, 15) is 14.7 Å². The number of aliphatic hydroxyl groups is 2. The Morgan fingerprint density at radius 3 is 2.69 bits per heavy atom. The van der Waals surface area contributed by atoms with Crippen molar-refractivity contribution in [2.75, 3.05) is 6.61 Å². The molecule has 1 aliphatic heterocycles. The van der Waals surface area contributed by atoms with Gasteiger partial charge in [0, 0.05) is 6.42 Å². The Balaban J connectivity index is 2.41. The molecule has 0 bridgehead atoms. The summed E-state index contributed by atoms with van der Waals surface area (Å²) in [5, 5.41) is 18.0. The fourth-order valence-electron chi connectivity index (χ4n) is 1.69. The molecule has 0 aromatic heterocycles. The smallest absolute Gasteiger partial charge is 0.347 e. The summed E-state index contributed by atoms with van der Waals surface area (Å²) in [6.45, 7) is -0.396. The van der Waals surface area contributed by atoms with Crippen molar-refractivity contribution in [1.82, 2.24) is 0 Å². The molecule has 84 valence electrons. The first-order valence-electron chi connectivity index (χ1n) is 4.80. The van der Waals surface area contributed by atoms with Crippen LogP contribution in [-0.2, 0) is 11.2 Å². The molecule has 5 nitrogen and oxygen atoms in total. The lowest BCUT2D eigenvalue weighted by Crippen LogP contribution is -2.17. The largest absolute Gasteiger partial charge is 0.394 e. The zero-order valence-electron chi connectivity index (χ0n) is 8.34. The monoisotopic (exact) mass is 222 g/mol. The molecule has 0 fully saturated rings. The molecule has 0 saturated carbocycles. The van der Waals surface area contributed by atoms with Gasteiger partial charge in [0.2, 0.25) is 0 Å². The zero-order valence-corrected chi connectivity index (χ0v) is 8.34. The van der Waals surface area contributed by atoms with Crippen molar-refractivity contribution in [3.05, 3.63) is 34.9 Å². The molecule has 1 aliphatic rings. The van der Waals surface area contributed by atoms with Crippen LogP contribution in [0, 0.1) is 0 Å². The van der Waals surface area contributed by atoms with Gasteiger partial charge in [-0.05, 0) is 11.6 Å². The van der Waals surface area contributed by atoms with Gasteiger partial charge in [0.1, 0.15) is 0 Å². The topological polar surface area (TPSA) is 83.8 Å². The Kier molecular flexibility index (Phi) is 2.72. The van der Waals surface area contributed by atoms with Crippen LogP contribution in [0.1, 0.15) is 26.3 Å². The molecule has 1 aromatic carbocycles. The third-order valence-electron chi connectivity index (χ3n) is 2.43. The van der Waals surface area contributed by atoms with Crippen molar-refractivity contribution in [2.24, 2.45) is 0 Å². The second-order valence-corrected chi connectivity index (χ2v) is 3.56. The summed E-state index contributed by atoms with van der Waals surface area (Å²) >= 11 is 0. The number of carbonyl (C=O) groups excluding carboxylic acids is 2. The molecule has 2 rings (SSSR count). The van der Waals surface area contributed by atoms with Crippen LogP contribution in [0.5, 0.6) is 0 Å². The fourth-order valence-corrected chi connectivity index (χ4v) is 1.69. The second kappa shape index (κ2) is 4.03. The molecule has 0 aliphatic carbocycles. The van der Waals surface area contributed by atoms with E-state index >= 15 is 0 Å². The number of rotatable bonds is 3. The summed E-state index contributed by atoms with van der Waals surface area (Å²) < 4.78 is 4.47. The number of hydrogen-bond acceptors (Lipinski definition) is 5. The molecule has 1 atom stereocenters. The Morgan fingerprint density at radius 2 is 2.00 bits per heavy atom. The molecule has 1 heterocycles. The zero-order chi connectivity index (χ0) is 11.7. The van der Waals surface area contributed by atoms with E-state index < -0.39 is 24.6 Å². The van der Waals surface area contributed by atoms with E-state index in [2.05, 4.69) is 4.74 Å². The Hall–Kier alpha value is -1.72. The number of carbonyl (C=O) groups is 2. The predicted octanol–water partition coefficient (Wildman–Crippen LogP) is -0.107. The van der Waals surface area contributed by atoms with Gasteiger partial charge in [0.25, 0.3) is 0 Å². The summed E-state index contributed by atoms with van der Waals surface area (Å²) in [4.78, 5) is 22.6. The highest BCUT2D eigenvalue weighted by molar-refractivity contribution is 6.15. The van der Waals surface area contributed by atoms with E-state index in [0.29, 0.717) is 5.56 Å². The van der Waals surface area contributed by atoms with Gasteiger partial charge in [-0.3, -0.25) is 0 Å². The van der Waals surface area contributed by atoms with Crippen LogP contribution in [0.4, 0.5) is 0 Å². The Morgan fingerprint density at radius 1 is 1.25 bits per heavy atom. The number of hydrogen-bond donors (Lipinski definition) is 2. The Bertz CT molecular complexity index is 452. The van der Waals surface area contributed by atoms with Gasteiger partial charge in [0.15, 0.2) is 0 Å². The highest BCUT2D eigenvalue weighted by Crippen LogP contribution is 2.24. The lowest BCUT2D eigenvalue weighted by molar-refractivity contribution is 0.0443. The molecule has 0 amide bonds. The molecule has 5 heteroatoms. The standard InChI is InChI=1S/C11H10O5/c12-5-7(13)4-6-2-1-3-8-9(6)11(15)16-10(8)14/h1-3,7,12-13H,4-5H2. The first kappa shape index (κ1) is 10.8. The van der Waals surface area contributed by atoms with Crippen LogP contribution in [0.3, 0.4) is 0 Å². The van der Waals surface area contributed by atoms with Gasteiger partial charge < -0.3 is 14.9 Å². The number of cyclic esters (lactones) is 2. The van der Waals surface area contributed by atoms with Crippen LogP contribution >= 0.6 is 0 Å². The number of fused-ring (bicyclic) bond motifs is 1. The highest BCUT2D eigenvalue weighted by atomic mass is 16.6. The third-order valence-corrected chi connectivity index (χ3v) is 2.43. The van der Waals surface area contributed by atoms with Gasteiger partial charge >= 0.3 is 11.9 Å². The lowest BCUT2D eigenvalue weighted by Gasteiger charge is -2.08. The van der Waals surface area contributed by atoms with Crippen LogP contribution in [0.15, 0.2) is 18.2 Å². The molecule has 0 saturated heterocycles. The number of aliphatic hydroxyl groups excluding tert-OH is 2. The molecule has 1 aromatic rings. The minimum atomic E-state index is -0.949. The quantitative estimate of drug-likeness (QED) is 0.550. The number of benzene rings is 1. The van der Waals surface area contributed by atoms with Crippen molar-refractivity contribution in [3.63, 3.8) is 0 Å². The molecular formula is C11H10O5. The summed E-state index contributed by atoms with van der Waals surface area (Å²) in [6.07, 6.45) is -0.836. The lowest BCUT2D eigenvalue weighted by atomic mass is 9.98. The Labute approximate surface area is 91.3 Å². The average molecular weight is 222 g/mol. The van der Waals surface area contributed by atoms with E-state index in [1.165, 1.54) is 6.07 Å². The maximum Gasteiger partial charge on any atom is 0.347 e. The fraction of sp³-hybridized carbons (Fsp3) is 0.273. The van der Waals surface area contributed by atoms with Gasteiger partial charge in [-0.15, -0.1) is 0 Å². The van der Waals surface area contributed by atoms with E-state index in [1.807, 2.05) is 0 Å². The minimum Gasteiger partial charge on any atom is -0.394 e. The van der Waals surface area contributed by atoms with Gasteiger partial charge in [-0.2, -0.15) is 0 Å². The minimum absolute atomic E-state index is 0.113. The van der Waals surface area contributed by atoms with Crippen molar-refractivity contribution >= 4 is 11.9 Å². The SMILES string of the molecule is O=C1OC(=O)c2c(CC(O)CO)cccc21. The molecule has 2 N–H and O–H groups in total. The van der Waals surface area contributed by atoms with Crippen LogP contribution in [0.2, 0.25) is 0 Å². The predicted molar refractivity (Wildman–Crippen MR) is 53.0 cm³/mol. The highest BCUT2D eigenvalue weighted by Gasteiger charge is 2.32. The normalized spacial score (nSPS) is 15.9. The van der Waals surface area contributed by atoms with Gasteiger partial charge in [-0.25, -0.2) is 9.59 Å². The molecule has 0 radical (unpaired) electrons. The maximum atomic E-state index is 11.4. The van der Waals surface area contributed by atoms with Crippen molar-refractivity contribution in [2.45, 2.75) is 12.5 Å². The van der Waals surface area contributed by atoms with Crippen LogP contribution in [-0.4, -0.2) is 34.9 Å². The van der Waals surface area contributed by atoms with Crippen molar-refractivity contribution < 1.29 is 24.5 Å². The first-order valence-corrected chi connectivity index (χ1v) is 4.80. The number of esters is 2. The van der Waals surface area contributed by atoms with Crippen LogP contribution < -0.4 is 0 Å². The van der Waals surface area contributed by atoms with Gasteiger partial charge in [-0.1, -0.05) is 12.1 Å². The maximum absolute atomic E-state index is 11.4. The molecule has 1 unspecified atom stereocenters. The molecule has 16 heavy (non-hydrogen) atoms. The third kappa shape index (κ3) is 1.70. The van der Waals surface area contributed by atoms with Crippen LogP contribution in [0.25, 0.3) is 0 Å². The first-order chi connectivity index (χ1) is 7.63. The number of ether oxygens (including phenoxy) is 1. The van der Waals surface area contributed by atoms with Crippen molar-refractivity contribution in [3.8, 4) is 0 Å². The molecule has 0 spiro atoms. The summed E-state index contributed by atoms with van der Waals surface area (Å²) in [5.74, 6) is -1.36. The summed E-state index contributed by atoms with van der Waals surface area (Å²) in [7, 11) is 0. The molecular weight excluding hydrogens is 212 g/mol. The summed E-state index contributed by atoms with van der Waals surface area (Å²) in [5.41, 5.74) is 0.919. The van der Waals surface area contributed by atoms with E-state index in [4.69, 9.17) is 5.11 Å². The van der Waals surface area contributed by atoms with E-state index in [1.54, 1.807) is 12.1 Å².